The van der Waals surface area contributed by atoms with Crippen molar-refractivity contribution < 1.29 is 19.1 Å². The number of amides is 1. The highest BCUT2D eigenvalue weighted by molar-refractivity contribution is 6.31. The van der Waals surface area contributed by atoms with Crippen LogP contribution in [0.4, 0.5) is 5.69 Å². The zero-order chi connectivity index (χ0) is 22.9. The number of anilines is 1. The molecule has 1 aliphatic heterocycles. The van der Waals surface area contributed by atoms with E-state index < -0.39 is 11.2 Å². The van der Waals surface area contributed by atoms with E-state index in [-0.39, 0.29) is 30.2 Å². The van der Waals surface area contributed by atoms with Crippen LogP contribution >= 0.6 is 11.6 Å². The Morgan fingerprint density at radius 1 is 1.03 bits per heavy atom. The molecule has 164 valence electrons. The Kier molecular flexibility index (Phi) is 5.27. The standard InChI is InChI=1S/C24H16ClN3O5/c25-15-1-3-19-17(9-15)24(31)18(23(30)14-5-7-26-8-6-14)11-28(19)12-22(29)27-16-2-4-20-21(10-16)33-13-32-20/h1-11H,12-13H2,(H,27,29). The molecule has 0 bridgehead atoms. The highest BCUT2D eigenvalue weighted by Gasteiger charge is 2.19. The van der Waals surface area contributed by atoms with Crippen LogP contribution in [0.3, 0.4) is 0 Å². The molecule has 0 saturated carbocycles. The maximum atomic E-state index is 13.1. The van der Waals surface area contributed by atoms with Crippen LogP contribution in [0.1, 0.15) is 15.9 Å². The van der Waals surface area contributed by atoms with Gasteiger partial charge in [-0.1, -0.05) is 11.6 Å². The van der Waals surface area contributed by atoms with Gasteiger partial charge in [-0.3, -0.25) is 19.4 Å². The maximum absolute atomic E-state index is 13.1. The van der Waals surface area contributed by atoms with Crippen LogP contribution in [0.5, 0.6) is 11.5 Å². The number of halogens is 1. The topological polar surface area (TPSA) is 99.5 Å². The van der Waals surface area contributed by atoms with Gasteiger partial charge in [0.2, 0.25) is 18.1 Å². The molecule has 4 aromatic rings. The molecule has 0 saturated heterocycles. The summed E-state index contributed by atoms with van der Waals surface area (Å²) in [6.07, 6.45) is 4.35. The second-order valence-electron chi connectivity index (χ2n) is 7.34. The molecule has 0 unspecified atom stereocenters. The first-order chi connectivity index (χ1) is 16.0. The minimum atomic E-state index is -0.464. The summed E-state index contributed by atoms with van der Waals surface area (Å²) < 4.78 is 12.2. The fourth-order valence-electron chi connectivity index (χ4n) is 3.65. The van der Waals surface area contributed by atoms with Gasteiger partial charge in [-0.25, -0.2) is 0 Å². The van der Waals surface area contributed by atoms with Crippen molar-refractivity contribution >= 4 is 39.9 Å². The molecular formula is C24H16ClN3O5. The molecule has 1 aliphatic rings. The number of rotatable bonds is 5. The van der Waals surface area contributed by atoms with Crippen LogP contribution in [0.15, 0.2) is 71.9 Å². The number of ether oxygens (including phenoxy) is 2. The number of benzene rings is 2. The third kappa shape index (κ3) is 4.04. The predicted octanol–water partition coefficient (Wildman–Crippen LogP) is 3.65. The van der Waals surface area contributed by atoms with Gasteiger partial charge < -0.3 is 19.4 Å². The van der Waals surface area contributed by atoms with Gasteiger partial charge in [-0.2, -0.15) is 0 Å². The highest BCUT2D eigenvalue weighted by atomic mass is 35.5. The maximum Gasteiger partial charge on any atom is 0.244 e. The smallest absolute Gasteiger partial charge is 0.244 e. The van der Waals surface area contributed by atoms with Crippen molar-refractivity contribution in [1.29, 1.82) is 0 Å². The number of aromatic nitrogens is 2. The number of nitrogens with one attached hydrogen (secondary N) is 1. The van der Waals surface area contributed by atoms with Gasteiger partial charge in [-0.15, -0.1) is 0 Å². The summed E-state index contributed by atoms with van der Waals surface area (Å²) in [7, 11) is 0. The van der Waals surface area contributed by atoms with Crippen LogP contribution in [0.2, 0.25) is 5.02 Å². The molecule has 5 rings (SSSR count). The summed E-state index contributed by atoms with van der Waals surface area (Å²) in [5, 5.41) is 3.40. The molecule has 9 heteroatoms. The summed E-state index contributed by atoms with van der Waals surface area (Å²) in [5.74, 6) is 0.335. The molecule has 3 heterocycles. The second-order valence-corrected chi connectivity index (χ2v) is 7.78. The van der Waals surface area contributed by atoms with E-state index in [1.165, 1.54) is 36.8 Å². The molecule has 2 aromatic heterocycles. The normalized spacial score (nSPS) is 12.0. The Balaban J connectivity index is 1.51. The van der Waals surface area contributed by atoms with E-state index in [4.69, 9.17) is 21.1 Å². The van der Waals surface area contributed by atoms with Gasteiger partial charge >= 0.3 is 0 Å². The lowest BCUT2D eigenvalue weighted by atomic mass is 10.0. The van der Waals surface area contributed by atoms with Gasteiger partial charge in [0.25, 0.3) is 0 Å². The molecule has 2 aromatic carbocycles. The third-order valence-corrected chi connectivity index (χ3v) is 5.43. The van der Waals surface area contributed by atoms with Gasteiger partial charge in [0.15, 0.2) is 17.3 Å². The fourth-order valence-corrected chi connectivity index (χ4v) is 3.82. The summed E-state index contributed by atoms with van der Waals surface area (Å²) >= 11 is 6.11. The molecule has 1 N–H and O–H groups in total. The van der Waals surface area contributed by atoms with E-state index in [1.807, 2.05) is 0 Å². The Morgan fingerprint density at radius 2 is 1.82 bits per heavy atom. The van der Waals surface area contributed by atoms with Crippen LogP contribution in [-0.4, -0.2) is 28.0 Å². The molecule has 0 atom stereocenters. The molecule has 0 radical (unpaired) electrons. The van der Waals surface area contributed by atoms with Gasteiger partial charge in [0, 0.05) is 46.3 Å². The first kappa shape index (κ1) is 20.7. The van der Waals surface area contributed by atoms with E-state index in [0.717, 1.165) is 0 Å². The van der Waals surface area contributed by atoms with Crippen LogP contribution in [0, 0.1) is 0 Å². The lowest BCUT2D eigenvalue weighted by Crippen LogP contribution is -2.24. The Hall–Kier alpha value is -4.17. The number of hydrogen-bond acceptors (Lipinski definition) is 6. The van der Waals surface area contributed by atoms with Gasteiger partial charge in [-0.05, 0) is 42.5 Å². The molecule has 0 aliphatic carbocycles. The predicted molar refractivity (Wildman–Crippen MR) is 122 cm³/mol. The van der Waals surface area contributed by atoms with Gasteiger partial charge in [0.1, 0.15) is 6.54 Å². The number of pyridine rings is 2. The van der Waals surface area contributed by atoms with E-state index in [1.54, 1.807) is 34.9 Å². The SMILES string of the molecule is O=C(Cn1cc(C(=O)c2ccncc2)c(=O)c2cc(Cl)ccc21)Nc1ccc2c(c1)OCO2. The summed E-state index contributed by atoms with van der Waals surface area (Å²) in [5.41, 5.74) is 0.815. The van der Waals surface area contributed by atoms with Crippen molar-refractivity contribution in [2.75, 3.05) is 12.1 Å². The lowest BCUT2D eigenvalue weighted by molar-refractivity contribution is -0.116. The molecule has 8 nitrogen and oxygen atoms in total. The van der Waals surface area contributed by atoms with E-state index in [0.29, 0.717) is 33.3 Å². The second kappa shape index (κ2) is 8.40. The minimum absolute atomic E-state index is 0.0631. The van der Waals surface area contributed by atoms with Crippen molar-refractivity contribution in [1.82, 2.24) is 9.55 Å². The van der Waals surface area contributed by atoms with Gasteiger partial charge in [0.05, 0.1) is 11.1 Å². The lowest BCUT2D eigenvalue weighted by Gasteiger charge is -2.14. The quantitative estimate of drug-likeness (QED) is 0.455. The molecule has 0 fully saturated rings. The largest absolute Gasteiger partial charge is 0.454 e. The third-order valence-electron chi connectivity index (χ3n) is 5.20. The monoisotopic (exact) mass is 461 g/mol. The highest BCUT2D eigenvalue weighted by Crippen LogP contribution is 2.34. The summed E-state index contributed by atoms with van der Waals surface area (Å²) in [6, 6.07) is 12.9. The zero-order valence-electron chi connectivity index (χ0n) is 17.1. The van der Waals surface area contributed by atoms with E-state index in [2.05, 4.69) is 10.3 Å². The van der Waals surface area contributed by atoms with Crippen molar-refractivity contribution in [3.63, 3.8) is 0 Å². The number of nitrogens with zero attached hydrogens (tertiary/aromatic N) is 2. The molecule has 1 amide bonds. The fraction of sp³-hybridized carbons (Fsp3) is 0.0833. The average Bonchev–Trinajstić information content (AvgIpc) is 3.29. The first-order valence-corrected chi connectivity index (χ1v) is 10.3. The number of fused-ring (bicyclic) bond motifs is 2. The Labute approximate surface area is 192 Å². The van der Waals surface area contributed by atoms with Crippen LogP contribution in [0.25, 0.3) is 10.9 Å². The number of carbonyl (C=O) groups is 2. The van der Waals surface area contributed by atoms with Crippen LogP contribution in [-0.2, 0) is 11.3 Å². The first-order valence-electron chi connectivity index (χ1n) is 9.96. The number of hydrogen-bond donors (Lipinski definition) is 1. The molecule has 33 heavy (non-hydrogen) atoms. The van der Waals surface area contributed by atoms with Crippen molar-refractivity contribution in [3.8, 4) is 11.5 Å². The van der Waals surface area contributed by atoms with Crippen molar-refractivity contribution in [2.24, 2.45) is 0 Å². The average molecular weight is 462 g/mol. The minimum Gasteiger partial charge on any atom is -0.454 e. The Morgan fingerprint density at radius 3 is 2.64 bits per heavy atom. The summed E-state index contributed by atoms with van der Waals surface area (Å²) in [6.45, 7) is -0.00353. The number of carbonyl (C=O) groups excluding carboxylic acids is 2. The van der Waals surface area contributed by atoms with Crippen molar-refractivity contribution in [3.05, 3.63) is 93.5 Å². The van der Waals surface area contributed by atoms with Crippen molar-refractivity contribution in [2.45, 2.75) is 6.54 Å². The van der Waals surface area contributed by atoms with E-state index >= 15 is 0 Å². The molecular weight excluding hydrogens is 446 g/mol. The Bertz CT molecular complexity index is 1470. The van der Waals surface area contributed by atoms with E-state index in [9.17, 15) is 14.4 Å². The number of ketones is 1. The molecule has 0 spiro atoms. The zero-order valence-corrected chi connectivity index (χ0v) is 17.8. The summed E-state index contributed by atoms with van der Waals surface area (Å²) in [4.78, 5) is 42.9. The van der Waals surface area contributed by atoms with Crippen LogP contribution < -0.4 is 20.2 Å².